The summed E-state index contributed by atoms with van der Waals surface area (Å²) in [5.41, 5.74) is 0.452. The molecule has 0 saturated heterocycles. The maximum atomic E-state index is 13.1. The molecule has 0 aliphatic heterocycles. The van der Waals surface area contributed by atoms with E-state index in [9.17, 15) is 87.6 Å². The Hall–Kier alpha value is -16.7. The Kier molecular flexibility index (Phi) is 30.8. The molecule has 42 heteroatoms. The number of hydrogen-bond donors (Lipinski definition) is 7. The third kappa shape index (κ3) is 24.2. The van der Waals surface area contributed by atoms with E-state index < -0.39 is 62.6 Å². The molecule has 714 valence electrons. The summed E-state index contributed by atoms with van der Waals surface area (Å²) in [6, 6.07) is 77.9. The number of H-pyrrole nitrogens is 7. The van der Waals surface area contributed by atoms with Crippen molar-refractivity contribution in [2.24, 2.45) is 0 Å². The number of para-hydroxylation sites is 6. The fourth-order valence-corrected chi connectivity index (χ4v) is 15.6. The maximum Gasteiger partial charge on any atom is 0.417 e. The first-order valence-corrected chi connectivity index (χ1v) is 44.2. The van der Waals surface area contributed by atoms with E-state index >= 15 is 0 Å². The smallest absolute Gasteiger partial charge is 0.306 e. The molecule has 0 amide bonds. The molecule has 9 heterocycles. The van der Waals surface area contributed by atoms with Crippen LogP contribution in [-0.2, 0) is 18.5 Å². The van der Waals surface area contributed by atoms with Gasteiger partial charge in [-0.05, 0) is 170 Å². The maximum absolute atomic E-state index is 13.1. The van der Waals surface area contributed by atoms with Gasteiger partial charge in [-0.1, -0.05) is 189 Å². The van der Waals surface area contributed by atoms with Gasteiger partial charge in [0, 0.05) is 73.5 Å². The highest BCUT2D eigenvalue weighted by molar-refractivity contribution is 9.10. The number of benzene rings is 12. The standard InChI is InChI=1S/C16H10F3N3O.C15H8ClF3N2O.C15H8F4N2O.C14H9BrN2O.C14H8Cl2N2O.C14H8ClN3O3.C13H8ClN3O/c17-16(18,19)11-6-2-1-5-10(11)15-21-13(9-14(23)22-15)12-7-3-4-8-20-12;16-11-6-5-8(15(17,18)19)7-10(11)13-20-12-4-2-1-3-9(12)14(22)21-13;16-8-5-6-9(11(7-8)15(17,18)19)13-20-12-4-2-1-3-10(12)14(22)21-13;15-11-7-3-1-5-9(11)13-16-12-8-4-2-6-10(12)14(18)17-13;15-8-5-6-9(11(16)7-8)13-17-12-4-2-1-3-10(12)14(19)18-13;15-11-7-8(18(20)21)5-6-9(11)13-16-12-4-2-1-3-10(12)14(19)17-13;14-11-9(5-3-7-15-11)12-16-10-6-2-1-4-8(10)13(18)17-12/h1-9H,(H,21,22,23);2*1-7H,(H,20,21,22);1-8H,(H,16,17,18);1-7H,(H,17,18,19);1-7H,(H,16,17,19);1-7H,(H,16,17,18). The van der Waals surface area contributed by atoms with Crippen molar-refractivity contribution in [1.29, 1.82) is 0 Å². The third-order valence-corrected chi connectivity index (χ3v) is 22.9. The van der Waals surface area contributed by atoms with E-state index in [1.807, 2.05) is 54.6 Å². The van der Waals surface area contributed by atoms with Crippen molar-refractivity contribution >= 4 is 145 Å². The SMILES string of the molecule is O=c1[nH]c(-c2cc(C(F)(F)F)ccc2Cl)nc2ccccc12.O=c1[nH]c(-c2ccc(Cl)cc2Cl)nc2ccccc12.O=c1[nH]c(-c2ccc(F)cc2C(F)(F)F)nc2ccccc12.O=c1[nH]c(-c2ccc([N+](=O)[O-])cc2Cl)nc2ccccc12.O=c1[nH]c(-c2ccccc2Br)nc2ccccc12.O=c1[nH]c(-c2cccnc2Cl)nc2ccccc12.O=c1cc(-c2ccccn2)nc(-c2ccccc2C(F)(F)F)[nH]1. The third-order valence-electron chi connectivity index (χ3n) is 20.7. The summed E-state index contributed by atoms with van der Waals surface area (Å²) in [7, 11) is 0. The zero-order valence-electron chi connectivity index (χ0n) is 72.2. The quantitative estimate of drug-likeness (QED) is 0.0305. The number of nitro benzene ring substituents is 1. The average molecular weight is 2100 g/mol. The van der Waals surface area contributed by atoms with Gasteiger partial charge in [-0.15, -0.1) is 0 Å². The molecule has 0 radical (unpaired) electrons. The first-order chi connectivity index (χ1) is 68.4. The summed E-state index contributed by atoms with van der Waals surface area (Å²) < 4.78 is 131. The topological polar surface area (TPSA) is 389 Å². The Balaban J connectivity index is 0.000000126. The van der Waals surface area contributed by atoms with Crippen LogP contribution in [0.4, 0.5) is 49.6 Å². The van der Waals surface area contributed by atoms with Gasteiger partial charge in [-0.3, -0.25) is 48.7 Å². The zero-order chi connectivity index (χ0) is 102. The number of non-ortho nitro benzene ring substituents is 1. The van der Waals surface area contributed by atoms with Gasteiger partial charge in [-0.25, -0.2) is 44.3 Å². The van der Waals surface area contributed by atoms with Gasteiger partial charge in [0.05, 0.1) is 119 Å². The van der Waals surface area contributed by atoms with Crippen molar-refractivity contribution < 1.29 is 48.8 Å². The van der Waals surface area contributed by atoms with E-state index in [4.69, 9.17) is 58.0 Å². The Morgan fingerprint density at radius 1 is 0.294 bits per heavy atom. The molecule has 7 N–H and O–H groups in total. The highest BCUT2D eigenvalue weighted by atomic mass is 79.9. The number of halogens is 16. The number of aromatic amines is 7. The van der Waals surface area contributed by atoms with Crippen molar-refractivity contribution in [1.82, 2.24) is 79.7 Å². The van der Waals surface area contributed by atoms with Crippen LogP contribution in [0.3, 0.4) is 0 Å². The van der Waals surface area contributed by atoms with Crippen LogP contribution < -0.4 is 38.9 Å². The highest BCUT2D eigenvalue weighted by Crippen LogP contribution is 2.41. The monoisotopic (exact) mass is 2100 g/mol. The average Bonchev–Trinajstić information content (AvgIpc) is 0.792. The largest absolute Gasteiger partial charge is 0.417 e. The fraction of sp³-hybridized carbons (Fsp3) is 0.0297. The molecule has 0 spiro atoms. The van der Waals surface area contributed by atoms with Crippen LogP contribution in [0.2, 0.25) is 25.2 Å². The van der Waals surface area contributed by atoms with E-state index in [2.05, 4.69) is 95.7 Å². The summed E-state index contributed by atoms with van der Waals surface area (Å²) >= 11 is 33.4. The van der Waals surface area contributed by atoms with Gasteiger partial charge in [0.2, 0.25) is 0 Å². The highest BCUT2D eigenvalue weighted by Gasteiger charge is 2.37. The number of hydrogen-bond acceptors (Lipinski definition) is 18. The molecule has 0 unspecified atom stereocenters. The number of nitrogens with zero attached hydrogens (tertiary/aromatic N) is 10. The predicted octanol–water partition coefficient (Wildman–Crippen LogP) is 24.6. The van der Waals surface area contributed by atoms with Crippen LogP contribution in [0.5, 0.6) is 0 Å². The Bertz CT molecular complexity index is 8780. The van der Waals surface area contributed by atoms with Crippen molar-refractivity contribution in [3.63, 3.8) is 0 Å². The van der Waals surface area contributed by atoms with E-state index in [1.165, 1.54) is 60.8 Å². The van der Waals surface area contributed by atoms with Crippen molar-refractivity contribution in [2.45, 2.75) is 18.5 Å². The summed E-state index contributed by atoms with van der Waals surface area (Å²) in [5.74, 6) is 0.299. The Morgan fingerprint density at radius 2 is 0.657 bits per heavy atom. The first kappa shape index (κ1) is 101. The minimum atomic E-state index is -4.76. The molecular weight excluding hydrogens is 2040 g/mol. The van der Waals surface area contributed by atoms with Gasteiger partial charge in [0.1, 0.15) is 51.7 Å². The molecule has 12 aromatic carbocycles. The van der Waals surface area contributed by atoms with E-state index in [0.29, 0.717) is 116 Å². The summed E-state index contributed by atoms with van der Waals surface area (Å²) in [6.45, 7) is 0. The number of nitrogens with one attached hydrogen (secondary N) is 7. The molecule has 21 aromatic rings. The molecule has 0 atom stereocenters. The second-order valence-corrected chi connectivity index (χ2v) is 32.9. The molecule has 0 aliphatic carbocycles. The lowest BCUT2D eigenvalue weighted by atomic mass is 10.1. The molecular formula is C101H59BrCl5F10N17O9. The lowest BCUT2D eigenvalue weighted by Crippen LogP contribution is -2.13. The lowest BCUT2D eigenvalue weighted by Gasteiger charge is -2.12. The summed E-state index contributed by atoms with van der Waals surface area (Å²) in [4.78, 5) is 150. The second-order valence-electron chi connectivity index (χ2n) is 30.1. The Morgan fingerprint density at radius 3 is 1.08 bits per heavy atom. The van der Waals surface area contributed by atoms with Crippen LogP contribution in [0, 0.1) is 15.9 Å². The van der Waals surface area contributed by atoms with Gasteiger partial charge < -0.3 is 34.9 Å². The van der Waals surface area contributed by atoms with E-state index in [1.54, 1.807) is 158 Å². The van der Waals surface area contributed by atoms with E-state index in [0.717, 1.165) is 46.4 Å². The van der Waals surface area contributed by atoms with Crippen molar-refractivity contribution in [2.75, 3.05) is 0 Å². The number of nitro groups is 1. The molecule has 0 bridgehead atoms. The normalized spacial score (nSPS) is 11.2. The predicted molar refractivity (Wildman–Crippen MR) is 532 cm³/mol. The fourth-order valence-electron chi connectivity index (χ4n) is 14.0. The summed E-state index contributed by atoms with van der Waals surface area (Å²) in [6.07, 6.45) is -10.7. The van der Waals surface area contributed by atoms with Crippen LogP contribution in [0.1, 0.15) is 16.7 Å². The number of rotatable bonds is 9. The molecule has 0 fully saturated rings. The van der Waals surface area contributed by atoms with Crippen molar-refractivity contribution in [3.8, 4) is 91.1 Å². The van der Waals surface area contributed by atoms with Gasteiger partial charge in [0.15, 0.2) is 0 Å². The minimum Gasteiger partial charge on any atom is -0.306 e. The molecule has 26 nitrogen and oxygen atoms in total. The number of aromatic nitrogens is 16. The molecule has 143 heavy (non-hydrogen) atoms. The Labute approximate surface area is 828 Å². The van der Waals surface area contributed by atoms with E-state index in [-0.39, 0.29) is 94.6 Å². The van der Waals surface area contributed by atoms with Crippen molar-refractivity contribution in [3.05, 3.63) is 451 Å². The first-order valence-electron chi connectivity index (χ1n) is 41.5. The van der Waals surface area contributed by atoms with Gasteiger partial charge in [-0.2, -0.15) is 39.5 Å². The zero-order valence-corrected chi connectivity index (χ0v) is 77.6. The van der Waals surface area contributed by atoms with Crippen LogP contribution in [-0.4, -0.2) is 84.7 Å². The number of pyridine rings is 2. The number of fused-ring (bicyclic) bond motifs is 6. The molecule has 9 aromatic heterocycles. The molecule has 0 aliphatic rings. The molecule has 0 saturated carbocycles. The van der Waals surface area contributed by atoms with Crippen LogP contribution in [0.15, 0.2) is 354 Å². The van der Waals surface area contributed by atoms with Crippen LogP contribution in [0.25, 0.3) is 157 Å². The number of alkyl halides is 9. The molecule has 21 rings (SSSR count). The van der Waals surface area contributed by atoms with Crippen LogP contribution >= 0.6 is 73.9 Å². The van der Waals surface area contributed by atoms with Gasteiger partial charge >= 0.3 is 18.5 Å². The summed E-state index contributed by atoms with van der Waals surface area (Å²) in [5, 5.41) is 15.0. The lowest BCUT2D eigenvalue weighted by molar-refractivity contribution is -0.384. The van der Waals surface area contributed by atoms with Gasteiger partial charge in [0.25, 0.3) is 44.6 Å². The minimum absolute atomic E-state index is 0.000185. The second kappa shape index (κ2) is 43.8.